The molecule has 1 aliphatic rings. The SMILES string of the molecule is CC(=O)NC1CCC(c2nc3cc(NC(=O)c4ccccc4)ccc3n2CCN(C)C)CC1. The molecule has 1 heterocycles. The Morgan fingerprint density at radius 2 is 1.79 bits per heavy atom. The normalized spacial score (nSPS) is 18.4. The van der Waals surface area contributed by atoms with Crippen LogP contribution in [0.4, 0.5) is 5.69 Å². The van der Waals surface area contributed by atoms with Crippen LogP contribution in [-0.4, -0.2) is 52.9 Å². The second kappa shape index (κ2) is 10.2. The molecule has 2 N–H and O–H groups in total. The minimum Gasteiger partial charge on any atom is -0.354 e. The van der Waals surface area contributed by atoms with E-state index in [-0.39, 0.29) is 17.9 Å². The Labute approximate surface area is 195 Å². The standard InChI is InChI=1S/C26H33N5O2/c1-18(32)27-21-11-9-19(10-12-21)25-29-23-17-22(28-26(33)20-7-5-4-6-8-20)13-14-24(23)31(25)16-15-30(2)3/h4-8,13-14,17,19,21H,9-12,15-16H2,1-3H3,(H,27,32)(H,28,33). The third-order valence-corrected chi connectivity index (χ3v) is 6.34. The Morgan fingerprint density at radius 1 is 1.06 bits per heavy atom. The number of hydrogen-bond acceptors (Lipinski definition) is 4. The molecule has 1 saturated carbocycles. The predicted molar refractivity (Wildman–Crippen MR) is 131 cm³/mol. The lowest BCUT2D eigenvalue weighted by Gasteiger charge is -2.29. The molecule has 0 saturated heterocycles. The summed E-state index contributed by atoms with van der Waals surface area (Å²) in [4.78, 5) is 31.2. The molecule has 174 valence electrons. The smallest absolute Gasteiger partial charge is 0.255 e. The van der Waals surface area contributed by atoms with Gasteiger partial charge in [0.1, 0.15) is 5.82 Å². The zero-order valence-corrected chi connectivity index (χ0v) is 19.7. The zero-order valence-electron chi connectivity index (χ0n) is 19.7. The Hall–Kier alpha value is -3.19. The van der Waals surface area contributed by atoms with E-state index in [1.54, 1.807) is 19.1 Å². The lowest BCUT2D eigenvalue weighted by molar-refractivity contribution is -0.119. The van der Waals surface area contributed by atoms with Crippen molar-refractivity contribution >= 4 is 28.5 Å². The number of nitrogens with zero attached hydrogens (tertiary/aromatic N) is 3. The first-order valence-electron chi connectivity index (χ1n) is 11.7. The van der Waals surface area contributed by atoms with Crippen LogP contribution < -0.4 is 10.6 Å². The number of aromatic nitrogens is 2. The topological polar surface area (TPSA) is 79.3 Å². The lowest BCUT2D eigenvalue weighted by atomic mass is 9.85. The summed E-state index contributed by atoms with van der Waals surface area (Å²) in [6.07, 6.45) is 3.96. The highest BCUT2D eigenvalue weighted by Gasteiger charge is 2.27. The van der Waals surface area contributed by atoms with Crippen molar-refractivity contribution in [1.82, 2.24) is 19.8 Å². The highest BCUT2D eigenvalue weighted by atomic mass is 16.2. The van der Waals surface area contributed by atoms with Gasteiger partial charge in [0.15, 0.2) is 0 Å². The quantitative estimate of drug-likeness (QED) is 0.574. The van der Waals surface area contributed by atoms with Gasteiger partial charge >= 0.3 is 0 Å². The molecule has 7 nitrogen and oxygen atoms in total. The fraction of sp³-hybridized carbons (Fsp3) is 0.423. The van der Waals surface area contributed by atoms with Gasteiger partial charge in [-0.25, -0.2) is 4.98 Å². The maximum absolute atomic E-state index is 12.6. The van der Waals surface area contributed by atoms with Crippen molar-refractivity contribution in [1.29, 1.82) is 0 Å². The van der Waals surface area contributed by atoms with Gasteiger partial charge in [-0.3, -0.25) is 9.59 Å². The first-order chi connectivity index (χ1) is 15.9. The van der Waals surface area contributed by atoms with Crippen LogP contribution >= 0.6 is 0 Å². The molecule has 0 radical (unpaired) electrons. The van der Waals surface area contributed by atoms with Gasteiger partial charge in [-0.05, 0) is 70.1 Å². The molecule has 33 heavy (non-hydrogen) atoms. The van der Waals surface area contributed by atoms with Crippen molar-refractivity contribution in [3.8, 4) is 0 Å². The number of carbonyl (C=O) groups excluding carboxylic acids is 2. The van der Waals surface area contributed by atoms with Crippen molar-refractivity contribution in [2.24, 2.45) is 0 Å². The summed E-state index contributed by atoms with van der Waals surface area (Å²) >= 11 is 0. The number of amides is 2. The van der Waals surface area contributed by atoms with Crippen LogP contribution in [0.1, 0.15) is 54.7 Å². The molecule has 3 aromatic rings. The molecular formula is C26H33N5O2. The van der Waals surface area contributed by atoms with Crippen LogP contribution in [0.25, 0.3) is 11.0 Å². The number of benzene rings is 2. The Morgan fingerprint density at radius 3 is 2.45 bits per heavy atom. The van der Waals surface area contributed by atoms with E-state index in [0.29, 0.717) is 11.5 Å². The first kappa shape index (κ1) is 23.0. The highest BCUT2D eigenvalue weighted by molar-refractivity contribution is 6.04. The summed E-state index contributed by atoms with van der Waals surface area (Å²) in [5.41, 5.74) is 3.37. The molecule has 4 rings (SSSR count). The maximum atomic E-state index is 12.6. The van der Waals surface area contributed by atoms with Crippen LogP contribution in [0, 0.1) is 0 Å². The molecule has 0 unspecified atom stereocenters. The summed E-state index contributed by atoms with van der Waals surface area (Å²) in [7, 11) is 4.16. The van der Waals surface area contributed by atoms with E-state index in [4.69, 9.17) is 4.98 Å². The van der Waals surface area contributed by atoms with Crippen LogP contribution in [0.3, 0.4) is 0 Å². The maximum Gasteiger partial charge on any atom is 0.255 e. The molecule has 2 amide bonds. The summed E-state index contributed by atoms with van der Waals surface area (Å²) in [5, 5.41) is 6.06. The van der Waals surface area contributed by atoms with Crippen LogP contribution in [0.15, 0.2) is 48.5 Å². The zero-order chi connectivity index (χ0) is 23.4. The van der Waals surface area contributed by atoms with Gasteiger partial charge in [0.2, 0.25) is 5.91 Å². The molecule has 0 aliphatic heterocycles. The Kier molecular flexibility index (Phi) is 7.08. The Bertz CT molecular complexity index is 1110. The third-order valence-electron chi connectivity index (χ3n) is 6.34. The van der Waals surface area contributed by atoms with E-state index in [1.165, 1.54) is 0 Å². The largest absolute Gasteiger partial charge is 0.354 e. The van der Waals surface area contributed by atoms with Crippen LogP contribution in [-0.2, 0) is 11.3 Å². The van der Waals surface area contributed by atoms with Gasteiger partial charge in [0.25, 0.3) is 5.91 Å². The van der Waals surface area contributed by atoms with Crippen molar-refractivity contribution < 1.29 is 9.59 Å². The average molecular weight is 448 g/mol. The van der Waals surface area contributed by atoms with E-state index in [1.807, 2.05) is 30.3 Å². The average Bonchev–Trinajstić information content (AvgIpc) is 3.16. The number of hydrogen-bond donors (Lipinski definition) is 2. The van der Waals surface area contributed by atoms with Crippen LogP contribution in [0.5, 0.6) is 0 Å². The molecule has 7 heteroatoms. The minimum absolute atomic E-state index is 0.0433. The van der Waals surface area contributed by atoms with E-state index in [0.717, 1.165) is 61.3 Å². The van der Waals surface area contributed by atoms with Gasteiger partial charge in [-0.1, -0.05) is 18.2 Å². The van der Waals surface area contributed by atoms with E-state index in [2.05, 4.69) is 40.3 Å². The minimum atomic E-state index is -0.126. The lowest BCUT2D eigenvalue weighted by Crippen LogP contribution is -2.36. The van der Waals surface area contributed by atoms with Crippen molar-refractivity contribution in [3.63, 3.8) is 0 Å². The number of anilines is 1. The van der Waals surface area contributed by atoms with Gasteiger partial charge in [-0.15, -0.1) is 0 Å². The van der Waals surface area contributed by atoms with E-state index >= 15 is 0 Å². The first-order valence-corrected chi connectivity index (χ1v) is 11.7. The number of rotatable bonds is 7. The monoisotopic (exact) mass is 447 g/mol. The summed E-state index contributed by atoms with van der Waals surface area (Å²) in [6.45, 7) is 3.37. The fourth-order valence-corrected chi connectivity index (χ4v) is 4.65. The van der Waals surface area contributed by atoms with Crippen LogP contribution in [0.2, 0.25) is 0 Å². The van der Waals surface area contributed by atoms with E-state index < -0.39 is 0 Å². The number of fused-ring (bicyclic) bond motifs is 1. The molecule has 1 aromatic heterocycles. The van der Waals surface area contributed by atoms with E-state index in [9.17, 15) is 9.59 Å². The molecule has 1 aliphatic carbocycles. The Balaban J connectivity index is 1.58. The summed E-state index contributed by atoms with van der Waals surface area (Å²) in [5.74, 6) is 1.40. The predicted octanol–water partition coefficient (Wildman–Crippen LogP) is 4.01. The third kappa shape index (κ3) is 5.60. The molecule has 1 fully saturated rings. The second-order valence-corrected chi connectivity index (χ2v) is 9.20. The van der Waals surface area contributed by atoms with Gasteiger partial charge in [-0.2, -0.15) is 0 Å². The van der Waals surface area contributed by atoms with Crippen molar-refractivity contribution in [2.45, 2.75) is 51.1 Å². The number of carbonyl (C=O) groups is 2. The number of imidazole rings is 1. The van der Waals surface area contributed by atoms with Gasteiger partial charge in [0.05, 0.1) is 11.0 Å². The van der Waals surface area contributed by atoms with Crippen molar-refractivity contribution in [2.75, 3.05) is 26.0 Å². The number of likely N-dealkylation sites (N-methyl/N-ethyl adjacent to an activating group) is 1. The highest BCUT2D eigenvalue weighted by Crippen LogP contribution is 2.35. The second-order valence-electron chi connectivity index (χ2n) is 9.20. The molecule has 0 bridgehead atoms. The summed E-state index contributed by atoms with van der Waals surface area (Å²) < 4.78 is 2.33. The number of nitrogens with one attached hydrogen (secondary N) is 2. The van der Waals surface area contributed by atoms with Crippen molar-refractivity contribution in [3.05, 3.63) is 59.9 Å². The van der Waals surface area contributed by atoms with Gasteiger partial charge in [0, 0.05) is 43.2 Å². The fourth-order valence-electron chi connectivity index (χ4n) is 4.65. The molecular weight excluding hydrogens is 414 g/mol. The summed E-state index contributed by atoms with van der Waals surface area (Å²) in [6, 6.07) is 15.5. The van der Waals surface area contributed by atoms with Gasteiger partial charge < -0.3 is 20.1 Å². The molecule has 0 spiro atoms. The molecule has 2 aromatic carbocycles. The molecule has 0 atom stereocenters.